The van der Waals surface area contributed by atoms with Crippen molar-refractivity contribution in [1.29, 1.82) is 0 Å². The number of rotatable bonds is 14. The van der Waals surface area contributed by atoms with Gasteiger partial charge in [0.2, 0.25) is 5.91 Å². The Labute approximate surface area is 199 Å². The Bertz CT molecular complexity index is 761. The van der Waals surface area contributed by atoms with Gasteiger partial charge in [0, 0.05) is 17.7 Å². The Balaban J connectivity index is 1.62. The second-order valence-corrected chi connectivity index (χ2v) is 9.04. The first-order valence-electron chi connectivity index (χ1n) is 12.6. The van der Waals surface area contributed by atoms with E-state index >= 15 is 0 Å². The van der Waals surface area contributed by atoms with Crippen LogP contribution in [0.3, 0.4) is 0 Å². The molecule has 2 rings (SSSR count). The Morgan fingerprint density at radius 1 is 1.00 bits per heavy atom. The normalized spacial score (nSPS) is 18.1. The van der Waals surface area contributed by atoms with Gasteiger partial charge in [0.15, 0.2) is 0 Å². The molecule has 1 saturated carbocycles. The average Bonchev–Trinajstić information content (AvgIpc) is 2.81. The van der Waals surface area contributed by atoms with Crippen LogP contribution in [-0.4, -0.2) is 30.6 Å². The fourth-order valence-corrected chi connectivity index (χ4v) is 3.93. The van der Waals surface area contributed by atoms with E-state index in [9.17, 15) is 9.59 Å². The third-order valence-corrected chi connectivity index (χ3v) is 5.99. The Morgan fingerprint density at radius 3 is 2.27 bits per heavy atom. The highest BCUT2D eigenvalue weighted by molar-refractivity contribution is 5.92. The summed E-state index contributed by atoms with van der Waals surface area (Å²) in [6.07, 6.45) is 15.2. The summed E-state index contributed by atoms with van der Waals surface area (Å²) in [5, 5.41) is 2.97. The van der Waals surface area contributed by atoms with Crippen molar-refractivity contribution in [2.75, 3.05) is 6.61 Å². The molecule has 1 aromatic carbocycles. The van der Waals surface area contributed by atoms with E-state index in [1.54, 1.807) is 13.0 Å². The average molecular weight is 456 g/mol. The molecule has 182 valence electrons. The summed E-state index contributed by atoms with van der Waals surface area (Å²) in [6, 6.07) is 7.89. The Hall–Kier alpha value is -2.56. The lowest BCUT2D eigenvalue weighted by molar-refractivity contribution is -0.144. The highest BCUT2D eigenvalue weighted by Crippen LogP contribution is 2.22. The molecule has 1 aliphatic carbocycles. The molecule has 0 spiro atoms. The predicted molar refractivity (Wildman–Crippen MR) is 134 cm³/mol. The highest BCUT2D eigenvalue weighted by Gasteiger charge is 2.24. The molecule has 1 amide bonds. The monoisotopic (exact) mass is 455 g/mol. The molecule has 5 nitrogen and oxygen atoms in total. The molecule has 5 heteroatoms. The van der Waals surface area contributed by atoms with Gasteiger partial charge in [-0.05, 0) is 62.8 Å². The third kappa shape index (κ3) is 11.2. The molecular weight excluding hydrogens is 414 g/mol. The van der Waals surface area contributed by atoms with Gasteiger partial charge >= 0.3 is 5.97 Å². The van der Waals surface area contributed by atoms with Crippen molar-refractivity contribution in [3.63, 3.8) is 0 Å². The van der Waals surface area contributed by atoms with Gasteiger partial charge in [-0.2, -0.15) is 0 Å². The number of ether oxygens (including phenoxy) is 2. The molecule has 0 unspecified atom stereocenters. The summed E-state index contributed by atoms with van der Waals surface area (Å²) < 4.78 is 11.4. The summed E-state index contributed by atoms with van der Waals surface area (Å²) in [7, 11) is 0. The van der Waals surface area contributed by atoms with Crippen LogP contribution in [0.4, 0.5) is 0 Å². The van der Waals surface area contributed by atoms with Gasteiger partial charge in [-0.25, -0.2) is 4.79 Å². The number of esters is 1. The van der Waals surface area contributed by atoms with Gasteiger partial charge in [-0.1, -0.05) is 64.2 Å². The van der Waals surface area contributed by atoms with Crippen molar-refractivity contribution in [3.05, 3.63) is 48.1 Å². The summed E-state index contributed by atoms with van der Waals surface area (Å²) in [5.41, 5.74) is 1.45. The Kier molecular flexibility index (Phi) is 12.4. The van der Waals surface area contributed by atoms with Crippen LogP contribution in [0.2, 0.25) is 0 Å². The summed E-state index contributed by atoms with van der Waals surface area (Å²) >= 11 is 0. The van der Waals surface area contributed by atoms with E-state index in [4.69, 9.17) is 9.47 Å². The molecule has 1 fully saturated rings. The smallest absolute Gasteiger partial charge is 0.331 e. The lowest BCUT2D eigenvalue weighted by Crippen LogP contribution is -2.39. The lowest BCUT2D eigenvalue weighted by atomic mass is 9.92. The maximum Gasteiger partial charge on any atom is 0.331 e. The molecule has 0 saturated heterocycles. The second kappa shape index (κ2) is 15.3. The number of carbonyl (C=O) groups excluding carboxylic acids is 2. The number of benzene rings is 1. The van der Waals surface area contributed by atoms with E-state index in [1.165, 1.54) is 44.6 Å². The number of carbonyl (C=O) groups is 2. The Morgan fingerprint density at radius 2 is 1.64 bits per heavy atom. The summed E-state index contributed by atoms with van der Waals surface area (Å²) in [6.45, 7) is 8.34. The molecule has 1 aliphatic rings. The minimum atomic E-state index is -0.330. The topological polar surface area (TPSA) is 64.6 Å². The zero-order chi connectivity index (χ0) is 23.9. The largest absolute Gasteiger partial charge is 0.494 e. The van der Waals surface area contributed by atoms with E-state index < -0.39 is 0 Å². The van der Waals surface area contributed by atoms with Crippen molar-refractivity contribution < 1.29 is 19.1 Å². The number of hydrogen-bond acceptors (Lipinski definition) is 4. The number of nitrogens with one attached hydrogen (secondary N) is 1. The predicted octanol–water partition coefficient (Wildman–Crippen LogP) is 6.38. The van der Waals surface area contributed by atoms with Crippen molar-refractivity contribution in [2.24, 2.45) is 0 Å². The molecule has 0 heterocycles. The van der Waals surface area contributed by atoms with Gasteiger partial charge in [0.1, 0.15) is 11.9 Å². The van der Waals surface area contributed by atoms with Gasteiger partial charge in [-0.15, -0.1) is 0 Å². The maximum absolute atomic E-state index is 12.2. The van der Waals surface area contributed by atoms with Crippen molar-refractivity contribution in [3.8, 4) is 5.75 Å². The second-order valence-electron chi connectivity index (χ2n) is 9.04. The fourth-order valence-electron chi connectivity index (χ4n) is 3.93. The van der Waals surface area contributed by atoms with Crippen LogP contribution < -0.4 is 10.1 Å². The van der Waals surface area contributed by atoms with E-state index in [1.807, 2.05) is 24.3 Å². The first-order chi connectivity index (χ1) is 16.0. The van der Waals surface area contributed by atoms with Gasteiger partial charge in [0.25, 0.3) is 0 Å². The minimum Gasteiger partial charge on any atom is -0.494 e. The van der Waals surface area contributed by atoms with Gasteiger partial charge in [0.05, 0.1) is 6.61 Å². The van der Waals surface area contributed by atoms with E-state index in [2.05, 4.69) is 18.8 Å². The van der Waals surface area contributed by atoms with Crippen LogP contribution >= 0.6 is 0 Å². The van der Waals surface area contributed by atoms with Crippen molar-refractivity contribution >= 4 is 18.0 Å². The summed E-state index contributed by atoms with van der Waals surface area (Å²) in [4.78, 5) is 23.9. The molecule has 0 aromatic heterocycles. The molecule has 1 N–H and O–H groups in total. The number of hydrogen-bond donors (Lipinski definition) is 1. The summed E-state index contributed by atoms with van der Waals surface area (Å²) in [5.74, 6) is 0.424. The number of unbranched alkanes of at least 4 members (excludes halogenated alkanes) is 6. The maximum atomic E-state index is 12.2. The number of amides is 1. The zero-order valence-electron chi connectivity index (χ0n) is 20.4. The van der Waals surface area contributed by atoms with Crippen molar-refractivity contribution in [2.45, 2.75) is 96.6 Å². The zero-order valence-corrected chi connectivity index (χ0v) is 20.4. The van der Waals surface area contributed by atoms with Crippen LogP contribution in [0.5, 0.6) is 5.75 Å². The van der Waals surface area contributed by atoms with E-state index in [0.29, 0.717) is 5.57 Å². The quantitative estimate of drug-likeness (QED) is 0.201. The van der Waals surface area contributed by atoms with E-state index in [0.717, 1.165) is 50.0 Å². The molecule has 0 atom stereocenters. The first kappa shape index (κ1) is 26.7. The molecular formula is C28H41NO4. The molecule has 0 aliphatic heterocycles. The van der Waals surface area contributed by atoms with Crippen molar-refractivity contribution in [1.82, 2.24) is 5.32 Å². The van der Waals surface area contributed by atoms with Crippen LogP contribution in [0, 0.1) is 0 Å². The van der Waals surface area contributed by atoms with Gasteiger partial charge < -0.3 is 14.8 Å². The molecule has 0 bridgehead atoms. The minimum absolute atomic E-state index is 0.0949. The fraction of sp³-hybridized carbons (Fsp3) is 0.571. The molecule has 0 radical (unpaired) electrons. The third-order valence-electron chi connectivity index (χ3n) is 5.99. The van der Waals surface area contributed by atoms with E-state index in [-0.39, 0.29) is 24.0 Å². The lowest BCUT2D eigenvalue weighted by Gasteiger charge is -2.28. The molecule has 33 heavy (non-hydrogen) atoms. The highest BCUT2D eigenvalue weighted by atomic mass is 16.5. The van der Waals surface area contributed by atoms with Gasteiger partial charge in [-0.3, -0.25) is 4.79 Å². The molecule has 1 aromatic rings. The van der Waals surface area contributed by atoms with Crippen LogP contribution in [0.1, 0.15) is 90.0 Å². The van der Waals surface area contributed by atoms with Crippen LogP contribution in [0.15, 0.2) is 42.5 Å². The van der Waals surface area contributed by atoms with Crippen LogP contribution in [0.25, 0.3) is 6.08 Å². The standard InChI is InChI=1S/C28H41NO4/c1-4-5-6-7-8-9-10-21-32-25-16-11-23(12-17-25)13-20-27(30)33-26-18-14-24(15-19-26)29-28(31)22(2)3/h11-13,16-17,20,24,26H,2,4-10,14-15,18-19,21H2,1,3H3,(H,29,31)/b20-13+. The van der Waals surface area contributed by atoms with Crippen LogP contribution in [-0.2, 0) is 14.3 Å². The first-order valence-corrected chi connectivity index (χ1v) is 12.6. The SMILES string of the molecule is C=C(C)C(=O)NC1CCC(OC(=O)/C=C/c2ccc(OCCCCCCCCC)cc2)CC1.